The van der Waals surface area contributed by atoms with Crippen molar-refractivity contribution in [3.8, 4) is 0 Å². The summed E-state index contributed by atoms with van der Waals surface area (Å²) in [5.41, 5.74) is 0.951. The van der Waals surface area contributed by atoms with E-state index in [4.69, 9.17) is 0 Å². The lowest BCUT2D eigenvalue weighted by Gasteiger charge is -2.58. The molecule has 114 valence electrons. The highest BCUT2D eigenvalue weighted by Crippen LogP contribution is 2.47. The molecule has 0 aromatic carbocycles. The molecule has 2 nitrogen and oxygen atoms in total. The highest BCUT2D eigenvalue weighted by molar-refractivity contribution is 5.11. The van der Waals surface area contributed by atoms with Gasteiger partial charge in [-0.25, -0.2) is 0 Å². The van der Waals surface area contributed by atoms with Gasteiger partial charge in [0.25, 0.3) is 0 Å². The zero-order valence-corrected chi connectivity index (χ0v) is 13.3. The summed E-state index contributed by atoms with van der Waals surface area (Å²) in [6.45, 7) is 5.13. The average Bonchev–Trinajstić information content (AvgIpc) is 3.20. The van der Waals surface area contributed by atoms with Crippen LogP contribution in [-0.4, -0.2) is 35.1 Å². The number of nitrogens with zero attached hydrogens (tertiary/aromatic N) is 1. The third-order valence-electron chi connectivity index (χ3n) is 6.96. The maximum atomic E-state index is 4.03. The molecule has 4 aliphatic rings. The Morgan fingerprint density at radius 2 is 1.60 bits per heavy atom. The molecule has 1 unspecified atom stereocenters. The van der Waals surface area contributed by atoms with Crippen LogP contribution in [0.3, 0.4) is 0 Å². The SMILES string of the molecule is CC1(C2CC2)CN(C2CCCC2)C2(CCCCC2)CN1. The molecule has 0 bridgehead atoms. The van der Waals surface area contributed by atoms with E-state index in [0.29, 0.717) is 11.1 Å². The largest absolute Gasteiger partial charge is 0.308 e. The normalized spacial score (nSPS) is 39.5. The molecule has 1 N–H and O–H groups in total. The van der Waals surface area contributed by atoms with E-state index in [1.165, 1.54) is 83.7 Å². The third kappa shape index (κ3) is 2.23. The Hall–Kier alpha value is -0.0800. The zero-order valence-electron chi connectivity index (χ0n) is 13.3. The summed E-state index contributed by atoms with van der Waals surface area (Å²) in [7, 11) is 0. The second kappa shape index (κ2) is 4.98. The van der Waals surface area contributed by atoms with Crippen LogP contribution in [0.5, 0.6) is 0 Å². The van der Waals surface area contributed by atoms with Gasteiger partial charge in [0.2, 0.25) is 0 Å². The fraction of sp³-hybridized carbons (Fsp3) is 1.00. The maximum absolute atomic E-state index is 4.03. The van der Waals surface area contributed by atoms with Crippen LogP contribution >= 0.6 is 0 Å². The number of hydrogen-bond acceptors (Lipinski definition) is 2. The standard InChI is InChI=1S/C18H32N2/c1-17(15-9-10-15)14-20(16-7-3-4-8-16)18(13-19-17)11-5-2-6-12-18/h15-16,19H,2-14H2,1H3. The highest BCUT2D eigenvalue weighted by atomic mass is 15.3. The Labute approximate surface area is 124 Å². The van der Waals surface area contributed by atoms with Crippen LogP contribution in [0.2, 0.25) is 0 Å². The smallest absolute Gasteiger partial charge is 0.0337 e. The number of nitrogens with one attached hydrogen (secondary N) is 1. The van der Waals surface area contributed by atoms with Gasteiger partial charge >= 0.3 is 0 Å². The molecule has 3 saturated carbocycles. The first-order valence-electron chi connectivity index (χ1n) is 9.24. The first-order valence-corrected chi connectivity index (χ1v) is 9.24. The van der Waals surface area contributed by atoms with Crippen molar-refractivity contribution in [2.24, 2.45) is 5.92 Å². The number of hydrogen-bond donors (Lipinski definition) is 1. The van der Waals surface area contributed by atoms with Gasteiger partial charge < -0.3 is 5.32 Å². The van der Waals surface area contributed by atoms with E-state index in [-0.39, 0.29) is 0 Å². The van der Waals surface area contributed by atoms with Crippen LogP contribution in [0, 0.1) is 5.92 Å². The van der Waals surface area contributed by atoms with Gasteiger partial charge in [-0.15, -0.1) is 0 Å². The summed E-state index contributed by atoms with van der Waals surface area (Å²) in [4.78, 5) is 3.04. The molecule has 0 amide bonds. The Kier molecular flexibility index (Phi) is 3.38. The molecule has 1 heterocycles. The highest BCUT2D eigenvalue weighted by Gasteiger charge is 2.52. The molecule has 2 heteroatoms. The van der Waals surface area contributed by atoms with Crippen molar-refractivity contribution in [3.63, 3.8) is 0 Å². The topological polar surface area (TPSA) is 15.3 Å². The number of rotatable bonds is 2. The minimum absolute atomic E-state index is 0.422. The van der Waals surface area contributed by atoms with E-state index in [9.17, 15) is 0 Å². The lowest BCUT2D eigenvalue weighted by molar-refractivity contribution is -0.0476. The summed E-state index contributed by atoms with van der Waals surface area (Å²) < 4.78 is 0. The van der Waals surface area contributed by atoms with Crippen molar-refractivity contribution >= 4 is 0 Å². The van der Waals surface area contributed by atoms with Crippen molar-refractivity contribution < 1.29 is 0 Å². The predicted molar refractivity (Wildman–Crippen MR) is 83.9 cm³/mol. The molecular weight excluding hydrogens is 244 g/mol. The Bertz CT molecular complexity index is 350. The Morgan fingerprint density at radius 1 is 0.900 bits per heavy atom. The fourth-order valence-electron chi connectivity index (χ4n) is 5.45. The van der Waals surface area contributed by atoms with E-state index in [2.05, 4.69) is 17.1 Å². The molecule has 0 radical (unpaired) electrons. The van der Waals surface area contributed by atoms with Crippen LogP contribution in [0.15, 0.2) is 0 Å². The van der Waals surface area contributed by atoms with E-state index in [1.807, 2.05) is 0 Å². The van der Waals surface area contributed by atoms with Crippen molar-refractivity contribution in [2.45, 2.75) is 94.7 Å². The van der Waals surface area contributed by atoms with Crippen LogP contribution < -0.4 is 5.32 Å². The van der Waals surface area contributed by atoms with Gasteiger partial charge in [0.1, 0.15) is 0 Å². The molecule has 1 spiro atoms. The van der Waals surface area contributed by atoms with Gasteiger partial charge in [-0.1, -0.05) is 32.1 Å². The molecule has 20 heavy (non-hydrogen) atoms. The second-order valence-corrected chi connectivity index (χ2v) is 8.40. The Balaban J connectivity index is 1.58. The summed E-state index contributed by atoms with van der Waals surface area (Å²) in [5.74, 6) is 0.965. The molecule has 4 rings (SSSR count). The second-order valence-electron chi connectivity index (χ2n) is 8.40. The quantitative estimate of drug-likeness (QED) is 0.827. The fourth-order valence-corrected chi connectivity index (χ4v) is 5.45. The molecule has 3 aliphatic carbocycles. The van der Waals surface area contributed by atoms with Gasteiger partial charge in [-0.3, -0.25) is 4.90 Å². The van der Waals surface area contributed by atoms with Crippen molar-refractivity contribution in [1.29, 1.82) is 0 Å². The molecular formula is C18H32N2. The van der Waals surface area contributed by atoms with Gasteiger partial charge in [0.15, 0.2) is 0 Å². The minimum atomic E-state index is 0.422. The van der Waals surface area contributed by atoms with Gasteiger partial charge in [-0.05, 0) is 51.4 Å². The minimum Gasteiger partial charge on any atom is -0.308 e. The van der Waals surface area contributed by atoms with E-state index in [0.717, 1.165) is 12.0 Å². The van der Waals surface area contributed by atoms with Crippen LogP contribution in [0.1, 0.15) is 77.6 Å². The Morgan fingerprint density at radius 3 is 2.25 bits per heavy atom. The molecule has 0 aromatic rings. The first kappa shape index (κ1) is 13.6. The van der Waals surface area contributed by atoms with Gasteiger partial charge in [0.05, 0.1) is 0 Å². The zero-order chi connectivity index (χ0) is 13.6. The monoisotopic (exact) mass is 276 g/mol. The van der Waals surface area contributed by atoms with E-state index in [1.54, 1.807) is 0 Å². The summed E-state index contributed by atoms with van der Waals surface area (Å²) in [6.07, 6.45) is 16.1. The van der Waals surface area contributed by atoms with Gasteiger partial charge in [-0.2, -0.15) is 0 Å². The lowest BCUT2D eigenvalue weighted by Crippen LogP contribution is -2.72. The van der Waals surface area contributed by atoms with E-state index >= 15 is 0 Å². The van der Waals surface area contributed by atoms with Crippen LogP contribution in [0.25, 0.3) is 0 Å². The number of piperazine rings is 1. The van der Waals surface area contributed by atoms with Crippen molar-refractivity contribution in [1.82, 2.24) is 10.2 Å². The molecule has 4 fully saturated rings. The van der Waals surface area contributed by atoms with Crippen LogP contribution in [-0.2, 0) is 0 Å². The predicted octanol–water partition coefficient (Wildman–Crippen LogP) is 3.71. The van der Waals surface area contributed by atoms with Crippen molar-refractivity contribution in [3.05, 3.63) is 0 Å². The van der Waals surface area contributed by atoms with E-state index < -0.39 is 0 Å². The van der Waals surface area contributed by atoms with Gasteiger partial charge in [0, 0.05) is 30.2 Å². The maximum Gasteiger partial charge on any atom is 0.0337 e. The molecule has 0 aromatic heterocycles. The lowest BCUT2D eigenvalue weighted by atomic mass is 9.75. The van der Waals surface area contributed by atoms with Crippen molar-refractivity contribution in [2.75, 3.05) is 13.1 Å². The molecule has 1 atom stereocenters. The molecule has 1 saturated heterocycles. The average molecular weight is 276 g/mol. The third-order valence-corrected chi connectivity index (χ3v) is 6.96. The van der Waals surface area contributed by atoms with Crippen LogP contribution in [0.4, 0.5) is 0 Å². The summed E-state index contributed by atoms with van der Waals surface area (Å²) in [6, 6.07) is 0.910. The first-order chi connectivity index (χ1) is 9.72. The molecule has 1 aliphatic heterocycles. The summed E-state index contributed by atoms with van der Waals surface area (Å²) >= 11 is 0. The summed E-state index contributed by atoms with van der Waals surface area (Å²) in [5, 5.41) is 4.03.